The Hall–Kier alpha value is -1.63. The zero-order valence-corrected chi connectivity index (χ0v) is 12.2. The van der Waals surface area contributed by atoms with Crippen LogP contribution in [-0.4, -0.2) is 43.7 Å². The first-order valence-corrected chi connectivity index (χ1v) is 6.95. The number of nitrogens with zero attached hydrogens (tertiary/aromatic N) is 2. The summed E-state index contributed by atoms with van der Waals surface area (Å²) in [6.07, 6.45) is 0. The molecule has 0 amide bonds. The molecule has 1 aliphatic heterocycles. The van der Waals surface area contributed by atoms with Crippen LogP contribution >= 0.6 is 0 Å². The van der Waals surface area contributed by atoms with Crippen molar-refractivity contribution in [3.05, 3.63) is 17.9 Å². The monoisotopic (exact) mass is 303 g/mol. The third kappa shape index (κ3) is 3.53. The highest BCUT2D eigenvalue weighted by atomic mass is 19.3. The molecule has 1 saturated heterocycles. The van der Waals surface area contributed by atoms with E-state index in [-0.39, 0.29) is 5.69 Å². The second-order valence-electron chi connectivity index (χ2n) is 5.14. The van der Waals surface area contributed by atoms with Gasteiger partial charge in [-0.05, 0) is 13.5 Å². The number of benzene rings is 1. The Bertz CT molecular complexity index is 499. The predicted molar refractivity (Wildman–Crippen MR) is 76.4 cm³/mol. The lowest BCUT2D eigenvalue weighted by Gasteiger charge is -2.41. The molecule has 2 N–H and O–H groups in total. The Kier molecular flexibility index (Phi) is 4.82. The largest absolute Gasteiger partial charge is 0.432 e. The number of hydrogen-bond donors (Lipinski definition) is 1. The van der Waals surface area contributed by atoms with E-state index < -0.39 is 18.2 Å². The quantitative estimate of drug-likeness (QED) is 0.868. The Balaban J connectivity index is 2.23. The first kappa shape index (κ1) is 15.8. The van der Waals surface area contributed by atoms with Crippen LogP contribution in [-0.2, 0) is 0 Å². The Labute approximate surface area is 122 Å². The summed E-state index contributed by atoms with van der Waals surface area (Å²) in [7, 11) is 0. The normalized spacial score (nSPS) is 20.1. The van der Waals surface area contributed by atoms with Gasteiger partial charge in [-0.15, -0.1) is 0 Å². The van der Waals surface area contributed by atoms with E-state index in [2.05, 4.69) is 23.5 Å². The molecule has 0 radical (unpaired) electrons. The first-order chi connectivity index (χ1) is 9.92. The van der Waals surface area contributed by atoms with Crippen molar-refractivity contribution in [2.75, 3.05) is 36.8 Å². The number of hydrogen-bond acceptors (Lipinski definition) is 4. The van der Waals surface area contributed by atoms with Gasteiger partial charge >= 0.3 is 6.61 Å². The van der Waals surface area contributed by atoms with Gasteiger partial charge in [0.1, 0.15) is 0 Å². The highest BCUT2D eigenvalue weighted by Gasteiger charge is 2.25. The van der Waals surface area contributed by atoms with Gasteiger partial charge in [-0.2, -0.15) is 8.78 Å². The average Bonchev–Trinajstić information content (AvgIpc) is 2.41. The molecule has 0 aromatic heterocycles. The lowest BCUT2D eigenvalue weighted by molar-refractivity contribution is -0.0521. The maximum absolute atomic E-state index is 13.6. The van der Waals surface area contributed by atoms with Gasteiger partial charge in [0, 0.05) is 37.8 Å². The third-order valence-electron chi connectivity index (χ3n) is 3.81. The van der Waals surface area contributed by atoms with Crippen molar-refractivity contribution in [3.63, 3.8) is 0 Å². The molecule has 1 aromatic rings. The van der Waals surface area contributed by atoms with Crippen LogP contribution in [0, 0.1) is 5.82 Å². The number of anilines is 2. The zero-order chi connectivity index (χ0) is 15.6. The fourth-order valence-corrected chi connectivity index (χ4v) is 2.70. The first-order valence-electron chi connectivity index (χ1n) is 6.95. The zero-order valence-electron chi connectivity index (χ0n) is 12.2. The van der Waals surface area contributed by atoms with Crippen molar-refractivity contribution in [2.24, 2.45) is 0 Å². The number of ether oxygens (including phenoxy) is 1. The standard InChI is InChI=1S/C14H20F3N3O/c1-3-19-4-5-20(8-9(19)2)12-7-13(21-14(16)17)10(15)6-11(12)18/h6-7,9,14H,3-5,8,18H2,1-2H3. The molecule has 21 heavy (non-hydrogen) atoms. The Morgan fingerprint density at radius 3 is 2.67 bits per heavy atom. The summed E-state index contributed by atoms with van der Waals surface area (Å²) in [5.74, 6) is -1.35. The second-order valence-corrected chi connectivity index (χ2v) is 5.14. The van der Waals surface area contributed by atoms with Gasteiger partial charge in [0.05, 0.1) is 11.4 Å². The fourth-order valence-electron chi connectivity index (χ4n) is 2.70. The van der Waals surface area contributed by atoms with Crippen LogP contribution in [0.2, 0.25) is 0 Å². The molecule has 118 valence electrons. The van der Waals surface area contributed by atoms with Gasteiger partial charge in [0.2, 0.25) is 0 Å². The molecule has 1 aromatic carbocycles. The van der Waals surface area contributed by atoms with Gasteiger partial charge in [-0.25, -0.2) is 4.39 Å². The average molecular weight is 303 g/mol. The molecule has 1 heterocycles. The maximum Gasteiger partial charge on any atom is 0.387 e. The van der Waals surface area contributed by atoms with E-state index in [0.717, 1.165) is 19.2 Å². The number of likely N-dealkylation sites (N-methyl/N-ethyl adjacent to an activating group) is 1. The van der Waals surface area contributed by atoms with Gasteiger partial charge in [0.15, 0.2) is 11.6 Å². The molecule has 0 aliphatic carbocycles. The minimum Gasteiger partial charge on any atom is -0.432 e. The van der Waals surface area contributed by atoms with E-state index in [1.807, 2.05) is 4.90 Å². The second kappa shape index (κ2) is 6.43. The van der Waals surface area contributed by atoms with Crippen LogP contribution in [0.5, 0.6) is 5.75 Å². The Morgan fingerprint density at radius 2 is 2.10 bits per heavy atom. The lowest BCUT2D eigenvalue weighted by atomic mass is 10.1. The van der Waals surface area contributed by atoms with Crippen molar-refractivity contribution in [1.29, 1.82) is 0 Å². The molecule has 1 fully saturated rings. The van der Waals surface area contributed by atoms with Crippen molar-refractivity contribution < 1.29 is 17.9 Å². The topological polar surface area (TPSA) is 41.7 Å². The van der Waals surface area contributed by atoms with E-state index in [0.29, 0.717) is 24.8 Å². The van der Waals surface area contributed by atoms with Crippen molar-refractivity contribution in [1.82, 2.24) is 4.90 Å². The van der Waals surface area contributed by atoms with Gasteiger partial charge in [-0.1, -0.05) is 6.92 Å². The maximum atomic E-state index is 13.6. The van der Waals surface area contributed by atoms with Crippen LogP contribution in [0.1, 0.15) is 13.8 Å². The minimum atomic E-state index is -3.06. The highest BCUT2D eigenvalue weighted by Crippen LogP contribution is 2.33. The number of piperazine rings is 1. The summed E-state index contributed by atoms with van der Waals surface area (Å²) in [4.78, 5) is 4.29. The minimum absolute atomic E-state index is 0.228. The molecule has 4 nitrogen and oxygen atoms in total. The van der Waals surface area contributed by atoms with Crippen molar-refractivity contribution >= 4 is 11.4 Å². The molecule has 1 unspecified atom stereocenters. The molecular weight excluding hydrogens is 283 g/mol. The van der Waals surface area contributed by atoms with E-state index >= 15 is 0 Å². The van der Waals surface area contributed by atoms with Crippen molar-refractivity contribution in [2.45, 2.75) is 26.5 Å². The van der Waals surface area contributed by atoms with Crippen LogP contribution in [0.15, 0.2) is 12.1 Å². The number of halogens is 3. The predicted octanol–water partition coefficient (Wildman–Crippen LogP) is 2.54. The van der Waals surface area contributed by atoms with Crippen LogP contribution in [0.25, 0.3) is 0 Å². The van der Waals surface area contributed by atoms with Crippen LogP contribution in [0.4, 0.5) is 24.5 Å². The summed E-state index contributed by atoms with van der Waals surface area (Å²) in [5, 5.41) is 0. The molecule has 7 heteroatoms. The number of nitrogens with two attached hydrogens (primary N) is 1. The summed E-state index contributed by atoms with van der Waals surface area (Å²) < 4.78 is 42.4. The van der Waals surface area contributed by atoms with Gasteiger partial charge < -0.3 is 15.4 Å². The number of alkyl halides is 2. The number of rotatable bonds is 4. The fraction of sp³-hybridized carbons (Fsp3) is 0.571. The Morgan fingerprint density at radius 1 is 1.38 bits per heavy atom. The van der Waals surface area contributed by atoms with Crippen LogP contribution in [0.3, 0.4) is 0 Å². The third-order valence-corrected chi connectivity index (χ3v) is 3.81. The summed E-state index contributed by atoms with van der Waals surface area (Å²) in [6.45, 7) is 4.33. The van der Waals surface area contributed by atoms with Gasteiger partial charge in [0.25, 0.3) is 0 Å². The molecule has 1 atom stereocenters. The highest BCUT2D eigenvalue weighted by molar-refractivity contribution is 5.70. The van der Waals surface area contributed by atoms with E-state index in [1.165, 1.54) is 6.07 Å². The molecule has 0 bridgehead atoms. The van der Waals surface area contributed by atoms with E-state index in [1.54, 1.807) is 0 Å². The molecule has 0 spiro atoms. The van der Waals surface area contributed by atoms with Crippen LogP contribution < -0.4 is 15.4 Å². The summed E-state index contributed by atoms with van der Waals surface area (Å²) in [5.41, 5.74) is 6.59. The SMILES string of the molecule is CCN1CCN(c2cc(OC(F)F)c(F)cc2N)CC1C. The molecule has 2 rings (SSSR count). The molecular formula is C14H20F3N3O. The summed E-state index contributed by atoms with van der Waals surface area (Å²) >= 11 is 0. The summed E-state index contributed by atoms with van der Waals surface area (Å²) in [6, 6.07) is 2.60. The van der Waals surface area contributed by atoms with E-state index in [9.17, 15) is 13.2 Å². The lowest BCUT2D eigenvalue weighted by Crippen LogP contribution is -2.51. The number of nitrogen functional groups attached to an aromatic ring is 1. The van der Waals surface area contributed by atoms with Crippen molar-refractivity contribution in [3.8, 4) is 5.75 Å². The molecule has 1 aliphatic rings. The van der Waals surface area contributed by atoms with Gasteiger partial charge in [-0.3, -0.25) is 4.90 Å². The smallest absolute Gasteiger partial charge is 0.387 e. The molecule has 0 saturated carbocycles. The van der Waals surface area contributed by atoms with E-state index in [4.69, 9.17) is 5.73 Å².